The van der Waals surface area contributed by atoms with Crippen LogP contribution in [0.25, 0.3) is 0 Å². The van der Waals surface area contributed by atoms with Crippen molar-refractivity contribution >= 4 is 0 Å². The fraction of sp³-hybridized carbons (Fsp3) is 1.00. The number of rotatable bonds is 16. The average Bonchev–Trinajstić information content (AvgIpc) is 2.43. The van der Waals surface area contributed by atoms with Crippen LogP contribution in [0.15, 0.2) is 0 Å². The van der Waals surface area contributed by atoms with Gasteiger partial charge in [-0.25, -0.2) is 0 Å². The predicted octanol–water partition coefficient (Wildman–Crippen LogP) is 1.59. The highest BCUT2D eigenvalue weighted by Gasteiger charge is 1.92. The van der Waals surface area contributed by atoms with Crippen molar-refractivity contribution in [1.82, 2.24) is 10.6 Å². The van der Waals surface area contributed by atoms with E-state index >= 15 is 0 Å². The van der Waals surface area contributed by atoms with Gasteiger partial charge in [-0.2, -0.15) is 0 Å². The molecule has 0 fully saturated rings. The molecule has 0 atom stereocenters. The van der Waals surface area contributed by atoms with Crippen LogP contribution in [0, 0.1) is 0 Å². The van der Waals surface area contributed by atoms with Crippen LogP contribution >= 0.6 is 0 Å². The minimum absolute atomic E-state index is 0.833. The van der Waals surface area contributed by atoms with Gasteiger partial charge >= 0.3 is 0 Å². The molecule has 4 nitrogen and oxygen atoms in total. The van der Waals surface area contributed by atoms with E-state index in [-0.39, 0.29) is 0 Å². The summed E-state index contributed by atoms with van der Waals surface area (Å²) in [5.74, 6) is 0. The van der Waals surface area contributed by atoms with Gasteiger partial charge in [-0.05, 0) is 77.8 Å². The SMILES string of the molecule is NCCCCCNCCCCCNCCCCCN. The van der Waals surface area contributed by atoms with Gasteiger partial charge in [-0.1, -0.05) is 19.3 Å². The Hall–Kier alpha value is -0.160. The van der Waals surface area contributed by atoms with Gasteiger partial charge in [0.1, 0.15) is 0 Å². The smallest absolute Gasteiger partial charge is 0.00489 e. The normalized spacial score (nSPS) is 11.1. The molecule has 0 unspecified atom stereocenters. The molecule has 0 heterocycles. The maximum atomic E-state index is 5.45. The van der Waals surface area contributed by atoms with Crippen molar-refractivity contribution in [2.45, 2.75) is 57.8 Å². The number of unbranched alkanes of at least 4 members (excludes halogenated alkanes) is 6. The van der Waals surface area contributed by atoms with Gasteiger partial charge in [0, 0.05) is 0 Å². The molecule has 0 aromatic rings. The van der Waals surface area contributed by atoms with Gasteiger partial charge in [-0.15, -0.1) is 0 Å². The van der Waals surface area contributed by atoms with Crippen LogP contribution in [0.1, 0.15) is 57.8 Å². The van der Waals surface area contributed by atoms with Gasteiger partial charge in [0.15, 0.2) is 0 Å². The van der Waals surface area contributed by atoms with Crippen molar-refractivity contribution in [3.8, 4) is 0 Å². The third-order valence-electron chi connectivity index (χ3n) is 3.32. The monoisotopic (exact) mass is 272 g/mol. The van der Waals surface area contributed by atoms with Crippen molar-refractivity contribution in [2.24, 2.45) is 11.5 Å². The quantitative estimate of drug-likeness (QED) is 0.322. The zero-order chi connectivity index (χ0) is 14.0. The van der Waals surface area contributed by atoms with Crippen LogP contribution in [0.3, 0.4) is 0 Å². The van der Waals surface area contributed by atoms with Crippen LogP contribution in [-0.4, -0.2) is 39.3 Å². The predicted molar refractivity (Wildman–Crippen MR) is 85.4 cm³/mol. The Morgan fingerprint density at radius 3 is 1.05 bits per heavy atom. The van der Waals surface area contributed by atoms with Crippen molar-refractivity contribution in [3.63, 3.8) is 0 Å². The summed E-state index contributed by atoms with van der Waals surface area (Å²) in [6, 6.07) is 0. The van der Waals surface area contributed by atoms with Crippen LogP contribution in [0.5, 0.6) is 0 Å². The summed E-state index contributed by atoms with van der Waals surface area (Å²) < 4.78 is 0. The first kappa shape index (κ1) is 18.8. The maximum absolute atomic E-state index is 5.45. The first-order chi connectivity index (χ1) is 9.41. The van der Waals surface area contributed by atoms with E-state index in [9.17, 15) is 0 Å². The molecular formula is C15H36N4. The van der Waals surface area contributed by atoms with E-state index in [0.29, 0.717) is 0 Å². The third-order valence-corrected chi connectivity index (χ3v) is 3.32. The van der Waals surface area contributed by atoms with Crippen molar-refractivity contribution in [2.75, 3.05) is 39.3 Å². The molecule has 0 amide bonds. The summed E-state index contributed by atoms with van der Waals surface area (Å²) in [5, 5.41) is 6.99. The van der Waals surface area contributed by atoms with Gasteiger partial charge in [-0.3, -0.25) is 0 Å². The number of nitrogens with two attached hydrogens (primary N) is 2. The molecule has 19 heavy (non-hydrogen) atoms. The van der Waals surface area contributed by atoms with Crippen molar-refractivity contribution in [3.05, 3.63) is 0 Å². The second-order valence-corrected chi connectivity index (χ2v) is 5.26. The van der Waals surface area contributed by atoms with Crippen LogP contribution in [0.4, 0.5) is 0 Å². The number of nitrogens with one attached hydrogen (secondary N) is 2. The van der Waals surface area contributed by atoms with Crippen LogP contribution in [0.2, 0.25) is 0 Å². The molecule has 0 aliphatic carbocycles. The lowest BCUT2D eigenvalue weighted by Gasteiger charge is -2.06. The van der Waals surface area contributed by atoms with Crippen LogP contribution < -0.4 is 22.1 Å². The average molecular weight is 272 g/mol. The first-order valence-corrected chi connectivity index (χ1v) is 8.23. The van der Waals surface area contributed by atoms with Gasteiger partial charge in [0.25, 0.3) is 0 Å². The highest BCUT2D eigenvalue weighted by atomic mass is 14.8. The molecule has 0 aromatic heterocycles. The molecule has 0 radical (unpaired) electrons. The summed E-state index contributed by atoms with van der Waals surface area (Å²) in [7, 11) is 0. The molecule has 0 rings (SSSR count). The Balaban J connectivity index is 2.88. The Bertz CT molecular complexity index is 137. The molecule has 6 N–H and O–H groups in total. The van der Waals surface area contributed by atoms with Crippen LogP contribution in [-0.2, 0) is 0 Å². The third kappa shape index (κ3) is 17.8. The standard InChI is InChI=1S/C15H36N4/c16-10-4-1-6-12-18-14-8-3-9-15-19-13-7-2-5-11-17/h18-19H,1-17H2. The molecular weight excluding hydrogens is 236 g/mol. The summed E-state index contributed by atoms with van der Waals surface area (Å²) in [4.78, 5) is 0. The molecule has 0 aromatic carbocycles. The van der Waals surface area contributed by atoms with Gasteiger partial charge in [0.2, 0.25) is 0 Å². The molecule has 0 spiro atoms. The molecule has 0 aliphatic rings. The molecule has 0 saturated carbocycles. The van der Waals surface area contributed by atoms with E-state index in [4.69, 9.17) is 11.5 Å². The fourth-order valence-corrected chi connectivity index (χ4v) is 2.07. The van der Waals surface area contributed by atoms with E-state index in [2.05, 4.69) is 10.6 Å². The molecule has 0 bridgehead atoms. The molecule has 4 heteroatoms. The largest absolute Gasteiger partial charge is 0.330 e. The Morgan fingerprint density at radius 2 is 0.737 bits per heavy atom. The molecule has 0 saturated heterocycles. The van der Waals surface area contributed by atoms with E-state index in [1.54, 1.807) is 0 Å². The highest BCUT2D eigenvalue weighted by Crippen LogP contribution is 1.95. The van der Waals surface area contributed by atoms with Crippen molar-refractivity contribution in [1.29, 1.82) is 0 Å². The Kier molecular flexibility index (Phi) is 17.7. The van der Waals surface area contributed by atoms with E-state index < -0.39 is 0 Å². The van der Waals surface area contributed by atoms with E-state index in [1.165, 1.54) is 70.9 Å². The van der Waals surface area contributed by atoms with Crippen molar-refractivity contribution < 1.29 is 0 Å². The lowest BCUT2D eigenvalue weighted by atomic mass is 10.2. The zero-order valence-corrected chi connectivity index (χ0v) is 12.8. The second kappa shape index (κ2) is 17.8. The molecule has 116 valence electrons. The summed E-state index contributed by atoms with van der Waals surface area (Å²) in [6.45, 7) is 6.30. The maximum Gasteiger partial charge on any atom is -0.00489 e. The van der Waals surface area contributed by atoms with Gasteiger partial charge in [0.05, 0.1) is 0 Å². The molecule has 0 aliphatic heterocycles. The fourth-order valence-electron chi connectivity index (χ4n) is 2.07. The summed E-state index contributed by atoms with van der Waals surface area (Å²) >= 11 is 0. The number of hydrogen-bond acceptors (Lipinski definition) is 4. The summed E-state index contributed by atoms with van der Waals surface area (Å²) in [6.07, 6.45) is 11.3. The Labute approximate surface area is 120 Å². The minimum atomic E-state index is 0.833. The van der Waals surface area contributed by atoms with E-state index in [1.807, 2.05) is 0 Å². The Morgan fingerprint density at radius 1 is 0.421 bits per heavy atom. The highest BCUT2D eigenvalue weighted by molar-refractivity contribution is 4.53. The second-order valence-electron chi connectivity index (χ2n) is 5.26. The number of hydrogen-bond donors (Lipinski definition) is 4. The zero-order valence-electron chi connectivity index (χ0n) is 12.8. The lowest BCUT2D eigenvalue weighted by molar-refractivity contribution is 0.545. The lowest BCUT2D eigenvalue weighted by Crippen LogP contribution is -2.19. The first-order valence-electron chi connectivity index (χ1n) is 8.23. The van der Waals surface area contributed by atoms with Gasteiger partial charge < -0.3 is 22.1 Å². The van der Waals surface area contributed by atoms with E-state index in [0.717, 1.165) is 26.2 Å². The topological polar surface area (TPSA) is 76.1 Å². The minimum Gasteiger partial charge on any atom is -0.330 e. The summed E-state index contributed by atoms with van der Waals surface area (Å²) in [5.41, 5.74) is 10.9.